The van der Waals surface area contributed by atoms with Gasteiger partial charge in [-0.1, -0.05) is 6.92 Å². The van der Waals surface area contributed by atoms with Crippen LogP contribution in [0, 0.1) is 5.92 Å². The second-order valence-corrected chi connectivity index (χ2v) is 3.27. The van der Waals surface area contributed by atoms with Crippen molar-refractivity contribution >= 4 is 0 Å². The Balaban J connectivity index is 2.11. The van der Waals surface area contributed by atoms with Gasteiger partial charge in [0.05, 0.1) is 6.67 Å². The Kier molecular flexibility index (Phi) is 3.13. The van der Waals surface area contributed by atoms with Gasteiger partial charge in [-0.2, -0.15) is 0 Å². The molecule has 0 N–H and O–H groups in total. The Hall–Kier alpha value is -0.110. The van der Waals surface area contributed by atoms with Crippen molar-refractivity contribution in [2.45, 2.75) is 19.8 Å². The molecule has 1 aliphatic rings. The number of alkyl halides is 1. The fourth-order valence-corrected chi connectivity index (χ4v) is 1.45. The first-order chi connectivity index (χ1) is 4.83. The summed E-state index contributed by atoms with van der Waals surface area (Å²) in [7, 11) is 0. The van der Waals surface area contributed by atoms with E-state index >= 15 is 0 Å². The number of halogens is 1. The lowest BCUT2D eigenvalue weighted by Gasteiger charge is -2.17. The first-order valence-electron chi connectivity index (χ1n) is 4.11. The van der Waals surface area contributed by atoms with Gasteiger partial charge in [0.15, 0.2) is 0 Å². The second-order valence-electron chi connectivity index (χ2n) is 3.27. The zero-order valence-electron chi connectivity index (χ0n) is 6.65. The lowest BCUT2D eigenvalue weighted by atomic mass is 10.2. The molecule has 0 aliphatic carbocycles. The summed E-state index contributed by atoms with van der Waals surface area (Å²) in [5.41, 5.74) is 0. The summed E-state index contributed by atoms with van der Waals surface area (Å²) in [5.74, 6) is 0.234. The molecule has 0 spiro atoms. The Morgan fingerprint density at radius 1 is 1.40 bits per heavy atom. The van der Waals surface area contributed by atoms with Crippen molar-refractivity contribution < 1.29 is 4.39 Å². The quantitative estimate of drug-likeness (QED) is 0.584. The molecule has 0 aromatic carbocycles. The van der Waals surface area contributed by atoms with E-state index in [1.54, 1.807) is 0 Å². The van der Waals surface area contributed by atoms with E-state index in [9.17, 15) is 4.39 Å². The normalized spacial score (nSPS) is 23.4. The molecule has 0 aromatic rings. The van der Waals surface area contributed by atoms with Crippen LogP contribution in [-0.4, -0.2) is 31.2 Å². The minimum Gasteiger partial charge on any atom is -0.303 e. The van der Waals surface area contributed by atoms with Crippen LogP contribution in [0.5, 0.6) is 0 Å². The Labute approximate surface area is 62.2 Å². The highest BCUT2D eigenvalue weighted by Gasteiger charge is 2.13. The minimum atomic E-state index is -0.170. The van der Waals surface area contributed by atoms with E-state index in [0.717, 1.165) is 6.54 Å². The molecule has 1 saturated heterocycles. The Bertz CT molecular complexity index is 89.3. The summed E-state index contributed by atoms with van der Waals surface area (Å²) in [6, 6.07) is 0. The van der Waals surface area contributed by atoms with Crippen molar-refractivity contribution in [2.24, 2.45) is 5.92 Å². The summed E-state index contributed by atoms with van der Waals surface area (Å²) >= 11 is 0. The minimum absolute atomic E-state index is 0.170. The molecule has 0 bridgehead atoms. The Morgan fingerprint density at radius 2 is 2.00 bits per heavy atom. The van der Waals surface area contributed by atoms with Crippen molar-refractivity contribution in [3.8, 4) is 0 Å². The van der Waals surface area contributed by atoms with E-state index in [1.165, 1.54) is 25.9 Å². The summed E-state index contributed by atoms with van der Waals surface area (Å²) in [5, 5.41) is 0. The summed E-state index contributed by atoms with van der Waals surface area (Å²) in [6.45, 7) is 5.12. The van der Waals surface area contributed by atoms with Gasteiger partial charge >= 0.3 is 0 Å². The zero-order valence-corrected chi connectivity index (χ0v) is 6.65. The number of nitrogens with zero attached hydrogens (tertiary/aromatic N) is 1. The van der Waals surface area contributed by atoms with E-state index in [4.69, 9.17) is 0 Å². The van der Waals surface area contributed by atoms with E-state index in [0.29, 0.717) is 0 Å². The molecule has 1 heterocycles. The molecule has 10 heavy (non-hydrogen) atoms. The fraction of sp³-hybridized carbons (Fsp3) is 1.00. The summed E-state index contributed by atoms with van der Waals surface area (Å²) < 4.78 is 12.0. The van der Waals surface area contributed by atoms with Crippen LogP contribution < -0.4 is 0 Å². The molecule has 0 saturated carbocycles. The van der Waals surface area contributed by atoms with Crippen LogP contribution >= 0.6 is 0 Å². The van der Waals surface area contributed by atoms with Crippen LogP contribution in [0.15, 0.2) is 0 Å². The molecule has 1 fully saturated rings. The van der Waals surface area contributed by atoms with Crippen LogP contribution in [0.4, 0.5) is 4.39 Å². The molecule has 0 radical (unpaired) electrons. The van der Waals surface area contributed by atoms with Gasteiger partial charge in [-0.15, -0.1) is 0 Å². The molecule has 0 amide bonds. The van der Waals surface area contributed by atoms with Crippen molar-refractivity contribution in [1.82, 2.24) is 4.90 Å². The molecular weight excluding hydrogens is 129 g/mol. The molecule has 0 aromatic heterocycles. The summed E-state index contributed by atoms with van der Waals surface area (Å²) in [6.07, 6.45) is 2.61. The molecule has 1 nitrogen and oxygen atoms in total. The van der Waals surface area contributed by atoms with Crippen LogP contribution in [0.3, 0.4) is 0 Å². The largest absolute Gasteiger partial charge is 0.303 e. The molecule has 1 rings (SSSR count). The standard InChI is InChI=1S/C8H16FN/c1-8(6-9)7-10-4-2-3-5-10/h8H,2-7H2,1H3/t8-/m0/s1. The number of hydrogen-bond donors (Lipinski definition) is 0. The maximum absolute atomic E-state index is 12.0. The van der Waals surface area contributed by atoms with Gasteiger partial charge in [-0.05, 0) is 31.8 Å². The van der Waals surface area contributed by atoms with E-state index in [-0.39, 0.29) is 12.6 Å². The van der Waals surface area contributed by atoms with Crippen molar-refractivity contribution in [1.29, 1.82) is 0 Å². The lowest BCUT2D eigenvalue weighted by molar-refractivity contribution is 0.254. The average molecular weight is 145 g/mol. The molecule has 0 unspecified atom stereocenters. The summed E-state index contributed by atoms with van der Waals surface area (Å²) in [4.78, 5) is 2.35. The van der Waals surface area contributed by atoms with Gasteiger partial charge in [0.1, 0.15) is 0 Å². The van der Waals surface area contributed by atoms with Gasteiger partial charge < -0.3 is 4.90 Å². The SMILES string of the molecule is C[C@@H](CF)CN1CCCC1. The van der Waals surface area contributed by atoms with Gasteiger partial charge in [0, 0.05) is 6.54 Å². The van der Waals surface area contributed by atoms with Crippen LogP contribution in [-0.2, 0) is 0 Å². The Morgan fingerprint density at radius 3 is 2.50 bits per heavy atom. The van der Waals surface area contributed by atoms with Crippen LogP contribution in [0.25, 0.3) is 0 Å². The molecule has 2 heteroatoms. The first kappa shape index (κ1) is 7.99. The maximum atomic E-state index is 12.0. The van der Waals surface area contributed by atoms with Crippen LogP contribution in [0.1, 0.15) is 19.8 Å². The predicted molar refractivity (Wildman–Crippen MR) is 40.8 cm³/mol. The van der Waals surface area contributed by atoms with Gasteiger partial charge in [-0.3, -0.25) is 4.39 Å². The van der Waals surface area contributed by atoms with E-state index < -0.39 is 0 Å². The smallest absolute Gasteiger partial charge is 0.0932 e. The number of rotatable bonds is 3. The second kappa shape index (κ2) is 3.91. The van der Waals surface area contributed by atoms with Gasteiger partial charge in [0.2, 0.25) is 0 Å². The lowest BCUT2D eigenvalue weighted by Crippen LogP contribution is -2.26. The third-order valence-electron chi connectivity index (χ3n) is 2.03. The van der Waals surface area contributed by atoms with Gasteiger partial charge in [-0.25, -0.2) is 0 Å². The van der Waals surface area contributed by atoms with Gasteiger partial charge in [0.25, 0.3) is 0 Å². The molecule has 60 valence electrons. The van der Waals surface area contributed by atoms with Crippen molar-refractivity contribution in [3.63, 3.8) is 0 Å². The van der Waals surface area contributed by atoms with E-state index in [2.05, 4.69) is 4.90 Å². The predicted octanol–water partition coefficient (Wildman–Crippen LogP) is 1.69. The number of likely N-dealkylation sites (tertiary alicyclic amines) is 1. The topological polar surface area (TPSA) is 3.24 Å². The third kappa shape index (κ3) is 2.25. The maximum Gasteiger partial charge on any atom is 0.0932 e. The monoisotopic (exact) mass is 145 g/mol. The molecular formula is C8H16FN. The highest BCUT2D eigenvalue weighted by Crippen LogP contribution is 2.09. The molecule has 1 aliphatic heterocycles. The van der Waals surface area contributed by atoms with E-state index in [1.807, 2.05) is 6.92 Å². The fourth-order valence-electron chi connectivity index (χ4n) is 1.45. The third-order valence-corrected chi connectivity index (χ3v) is 2.03. The highest BCUT2D eigenvalue weighted by atomic mass is 19.1. The highest BCUT2D eigenvalue weighted by molar-refractivity contribution is 4.68. The van der Waals surface area contributed by atoms with Crippen molar-refractivity contribution in [2.75, 3.05) is 26.3 Å². The van der Waals surface area contributed by atoms with Crippen molar-refractivity contribution in [3.05, 3.63) is 0 Å². The first-order valence-corrected chi connectivity index (χ1v) is 4.11. The zero-order chi connectivity index (χ0) is 7.40. The average Bonchev–Trinajstić information content (AvgIpc) is 2.40. The van der Waals surface area contributed by atoms with Crippen LogP contribution in [0.2, 0.25) is 0 Å². The number of hydrogen-bond acceptors (Lipinski definition) is 1. The molecule has 1 atom stereocenters.